The van der Waals surface area contributed by atoms with Crippen molar-refractivity contribution in [2.45, 2.75) is 32.2 Å². The third-order valence-electron chi connectivity index (χ3n) is 5.16. The minimum absolute atomic E-state index is 0.0268. The van der Waals surface area contributed by atoms with Crippen LogP contribution in [0.1, 0.15) is 24.5 Å². The highest BCUT2D eigenvalue weighted by molar-refractivity contribution is 5.80. The molecule has 148 valence electrons. The Bertz CT molecular complexity index is 842. The van der Waals surface area contributed by atoms with Crippen molar-refractivity contribution >= 4 is 11.8 Å². The van der Waals surface area contributed by atoms with Crippen LogP contribution in [0.5, 0.6) is 0 Å². The van der Waals surface area contributed by atoms with Crippen LogP contribution in [0.15, 0.2) is 48.5 Å². The lowest BCUT2D eigenvalue weighted by atomic mass is 10.1. The van der Waals surface area contributed by atoms with Crippen molar-refractivity contribution in [2.75, 3.05) is 13.1 Å². The molecule has 0 aliphatic carbocycles. The Labute approximate surface area is 163 Å². The number of hydrogen-bond donors (Lipinski definition) is 1. The topological polar surface area (TPSA) is 49.4 Å². The molecule has 3 rings (SSSR count). The molecule has 1 N–H and O–H groups in total. The Hall–Kier alpha value is -2.76. The molecule has 0 unspecified atom stereocenters. The standard InChI is InChI=1S/C22H24F2N2O2/c1-15-13-26(21(28)11-10-16-6-3-2-4-7-16)14-19(15)25-20(27)12-17-8-5-9-18(23)22(17)24/h2-9,15,19H,10-14H2,1H3,(H,25,27)/t15-,19-/m1/s1. The third-order valence-corrected chi connectivity index (χ3v) is 5.16. The summed E-state index contributed by atoms with van der Waals surface area (Å²) in [5.41, 5.74) is 1.14. The zero-order valence-corrected chi connectivity index (χ0v) is 15.8. The molecule has 2 aromatic rings. The van der Waals surface area contributed by atoms with Crippen molar-refractivity contribution in [3.8, 4) is 0 Å². The highest BCUT2D eigenvalue weighted by Gasteiger charge is 2.33. The van der Waals surface area contributed by atoms with Crippen molar-refractivity contribution in [3.05, 3.63) is 71.3 Å². The van der Waals surface area contributed by atoms with Crippen LogP contribution in [-0.2, 0) is 22.4 Å². The zero-order valence-electron chi connectivity index (χ0n) is 15.8. The fourth-order valence-corrected chi connectivity index (χ4v) is 3.53. The highest BCUT2D eigenvalue weighted by Crippen LogP contribution is 2.19. The minimum atomic E-state index is -0.991. The van der Waals surface area contributed by atoms with Gasteiger partial charge in [-0.25, -0.2) is 8.78 Å². The van der Waals surface area contributed by atoms with Gasteiger partial charge in [-0.15, -0.1) is 0 Å². The number of carbonyl (C=O) groups excluding carboxylic acids is 2. The summed E-state index contributed by atoms with van der Waals surface area (Å²) in [4.78, 5) is 26.5. The predicted octanol–water partition coefficient (Wildman–Crippen LogP) is 3.10. The second-order valence-corrected chi connectivity index (χ2v) is 7.33. The second kappa shape index (κ2) is 8.95. The van der Waals surface area contributed by atoms with E-state index in [1.54, 1.807) is 4.90 Å². The Kier molecular flexibility index (Phi) is 6.39. The molecule has 0 saturated carbocycles. The van der Waals surface area contributed by atoms with Gasteiger partial charge >= 0.3 is 0 Å². The molecule has 1 saturated heterocycles. The van der Waals surface area contributed by atoms with Gasteiger partial charge in [-0.3, -0.25) is 9.59 Å². The van der Waals surface area contributed by atoms with Crippen molar-refractivity contribution in [1.29, 1.82) is 0 Å². The maximum Gasteiger partial charge on any atom is 0.224 e. The zero-order chi connectivity index (χ0) is 20.1. The van der Waals surface area contributed by atoms with Gasteiger partial charge in [-0.05, 0) is 24.0 Å². The first kappa shape index (κ1) is 20.0. The van der Waals surface area contributed by atoms with E-state index in [0.717, 1.165) is 11.6 Å². The van der Waals surface area contributed by atoms with Crippen LogP contribution >= 0.6 is 0 Å². The van der Waals surface area contributed by atoms with E-state index >= 15 is 0 Å². The molecule has 2 atom stereocenters. The number of carbonyl (C=O) groups is 2. The smallest absolute Gasteiger partial charge is 0.224 e. The molecule has 0 spiro atoms. The van der Waals surface area contributed by atoms with Gasteiger partial charge in [0.25, 0.3) is 0 Å². The first-order valence-corrected chi connectivity index (χ1v) is 9.48. The molecule has 1 heterocycles. The molecular formula is C22H24F2N2O2. The lowest BCUT2D eigenvalue weighted by molar-refractivity contribution is -0.130. The van der Waals surface area contributed by atoms with Crippen LogP contribution in [0.25, 0.3) is 0 Å². The molecule has 6 heteroatoms. The number of hydrogen-bond acceptors (Lipinski definition) is 2. The van der Waals surface area contributed by atoms with Gasteiger partial charge in [-0.1, -0.05) is 49.4 Å². The number of nitrogens with zero attached hydrogens (tertiary/aromatic N) is 1. The summed E-state index contributed by atoms with van der Waals surface area (Å²) in [6, 6.07) is 13.4. The number of halogens is 2. The fraction of sp³-hybridized carbons (Fsp3) is 0.364. The highest BCUT2D eigenvalue weighted by atomic mass is 19.2. The third kappa shape index (κ3) is 4.94. The molecule has 2 amide bonds. The van der Waals surface area contributed by atoms with E-state index in [4.69, 9.17) is 0 Å². The quantitative estimate of drug-likeness (QED) is 0.829. The Morgan fingerprint density at radius 3 is 2.57 bits per heavy atom. The largest absolute Gasteiger partial charge is 0.351 e. The molecular weight excluding hydrogens is 362 g/mol. The van der Waals surface area contributed by atoms with E-state index in [-0.39, 0.29) is 35.8 Å². The van der Waals surface area contributed by atoms with Crippen LogP contribution in [-0.4, -0.2) is 35.8 Å². The second-order valence-electron chi connectivity index (χ2n) is 7.33. The average Bonchev–Trinajstić information content (AvgIpc) is 3.05. The molecule has 4 nitrogen and oxygen atoms in total. The van der Waals surface area contributed by atoms with Gasteiger partial charge in [0.15, 0.2) is 11.6 Å². The van der Waals surface area contributed by atoms with Gasteiger partial charge in [0.2, 0.25) is 11.8 Å². The monoisotopic (exact) mass is 386 g/mol. The van der Waals surface area contributed by atoms with Crippen molar-refractivity contribution in [1.82, 2.24) is 10.2 Å². The Morgan fingerprint density at radius 2 is 1.82 bits per heavy atom. The average molecular weight is 386 g/mol. The van der Waals surface area contributed by atoms with Crippen LogP contribution < -0.4 is 5.32 Å². The molecule has 2 aromatic carbocycles. The number of benzene rings is 2. The first-order valence-electron chi connectivity index (χ1n) is 9.48. The predicted molar refractivity (Wildman–Crippen MR) is 102 cm³/mol. The van der Waals surface area contributed by atoms with Gasteiger partial charge in [0.05, 0.1) is 12.5 Å². The molecule has 0 bridgehead atoms. The van der Waals surface area contributed by atoms with Crippen LogP contribution in [0.3, 0.4) is 0 Å². The molecule has 1 fully saturated rings. The SMILES string of the molecule is C[C@@H]1CN(C(=O)CCc2ccccc2)C[C@H]1NC(=O)Cc1cccc(F)c1F. The number of aryl methyl sites for hydroxylation is 1. The summed E-state index contributed by atoms with van der Waals surface area (Å²) in [5.74, 6) is -2.17. The van der Waals surface area contributed by atoms with Crippen LogP contribution in [0.2, 0.25) is 0 Å². The summed E-state index contributed by atoms with van der Waals surface area (Å²) < 4.78 is 27.0. The number of amides is 2. The van der Waals surface area contributed by atoms with E-state index in [9.17, 15) is 18.4 Å². The number of likely N-dealkylation sites (tertiary alicyclic amines) is 1. The van der Waals surface area contributed by atoms with Crippen molar-refractivity contribution in [2.24, 2.45) is 5.92 Å². The van der Waals surface area contributed by atoms with Crippen molar-refractivity contribution < 1.29 is 18.4 Å². The Morgan fingerprint density at radius 1 is 1.07 bits per heavy atom. The fourth-order valence-electron chi connectivity index (χ4n) is 3.53. The summed E-state index contributed by atoms with van der Waals surface area (Å²) in [6.07, 6.45) is 0.876. The van der Waals surface area contributed by atoms with E-state index in [2.05, 4.69) is 5.32 Å². The van der Waals surface area contributed by atoms with Crippen LogP contribution in [0.4, 0.5) is 8.78 Å². The summed E-state index contributed by atoms with van der Waals surface area (Å²) in [5, 5.41) is 2.86. The molecule has 1 aliphatic heterocycles. The lowest BCUT2D eigenvalue weighted by Gasteiger charge is -2.17. The minimum Gasteiger partial charge on any atom is -0.351 e. The summed E-state index contributed by atoms with van der Waals surface area (Å²) in [7, 11) is 0. The lowest BCUT2D eigenvalue weighted by Crippen LogP contribution is -2.41. The maximum absolute atomic E-state index is 13.7. The van der Waals surface area contributed by atoms with E-state index in [0.29, 0.717) is 25.9 Å². The van der Waals surface area contributed by atoms with Gasteiger partial charge in [-0.2, -0.15) is 0 Å². The van der Waals surface area contributed by atoms with Gasteiger partial charge in [0.1, 0.15) is 0 Å². The van der Waals surface area contributed by atoms with Gasteiger partial charge in [0, 0.05) is 25.1 Å². The maximum atomic E-state index is 13.7. The first-order chi connectivity index (χ1) is 13.4. The molecule has 0 radical (unpaired) electrons. The number of rotatable bonds is 6. The van der Waals surface area contributed by atoms with Gasteiger partial charge < -0.3 is 10.2 Å². The van der Waals surface area contributed by atoms with Crippen molar-refractivity contribution in [3.63, 3.8) is 0 Å². The van der Waals surface area contributed by atoms with E-state index < -0.39 is 11.6 Å². The van der Waals surface area contributed by atoms with E-state index in [1.165, 1.54) is 12.1 Å². The molecule has 28 heavy (non-hydrogen) atoms. The van der Waals surface area contributed by atoms with Crippen LogP contribution in [0, 0.1) is 17.6 Å². The normalized spacial score (nSPS) is 18.9. The van der Waals surface area contributed by atoms with E-state index in [1.807, 2.05) is 37.3 Å². The summed E-state index contributed by atoms with van der Waals surface area (Å²) >= 11 is 0. The summed E-state index contributed by atoms with van der Waals surface area (Å²) in [6.45, 7) is 2.98. The Balaban J connectivity index is 1.51. The molecule has 1 aliphatic rings. The number of nitrogens with one attached hydrogen (secondary N) is 1. The molecule has 0 aromatic heterocycles.